The smallest absolute Gasteiger partial charge is 0.124 e. The first-order valence-corrected chi connectivity index (χ1v) is 7.67. The Hall–Kier alpha value is -0.850. The van der Waals surface area contributed by atoms with Crippen molar-refractivity contribution in [1.82, 2.24) is 14.1 Å². The molecule has 0 radical (unpaired) electrons. The van der Waals surface area contributed by atoms with Gasteiger partial charge in [-0.05, 0) is 37.1 Å². The molecular weight excluding hydrogens is 329 g/mol. The lowest BCUT2D eigenvalue weighted by atomic mass is 10.0. The van der Waals surface area contributed by atoms with Crippen LogP contribution in [0, 0.1) is 5.82 Å². The number of hydrogen-bond acceptors (Lipinski definition) is 4. The highest BCUT2D eigenvalue weighted by molar-refractivity contribution is 9.10. The van der Waals surface area contributed by atoms with Crippen molar-refractivity contribution in [1.29, 1.82) is 0 Å². The van der Waals surface area contributed by atoms with Crippen molar-refractivity contribution < 1.29 is 4.39 Å². The molecule has 1 unspecified atom stereocenters. The van der Waals surface area contributed by atoms with Crippen LogP contribution in [-0.4, -0.2) is 15.3 Å². The molecule has 1 heterocycles. The van der Waals surface area contributed by atoms with E-state index in [2.05, 4.69) is 36.9 Å². The molecule has 3 nitrogen and oxygen atoms in total. The molecule has 1 atom stereocenters. The fourth-order valence-electron chi connectivity index (χ4n) is 1.83. The van der Waals surface area contributed by atoms with Gasteiger partial charge in [0.05, 0.1) is 29.7 Å². The lowest BCUT2D eigenvalue weighted by Crippen LogP contribution is -2.24. The van der Waals surface area contributed by atoms with Gasteiger partial charge in [-0.25, -0.2) is 4.39 Å². The van der Waals surface area contributed by atoms with Crippen LogP contribution in [0.5, 0.6) is 0 Å². The van der Waals surface area contributed by atoms with Gasteiger partial charge in [0, 0.05) is 4.47 Å². The van der Waals surface area contributed by atoms with Crippen LogP contribution in [0.1, 0.15) is 30.6 Å². The van der Waals surface area contributed by atoms with Crippen LogP contribution in [0.15, 0.2) is 28.9 Å². The van der Waals surface area contributed by atoms with Gasteiger partial charge in [-0.15, -0.1) is 0 Å². The van der Waals surface area contributed by atoms with E-state index in [9.17, 15) is 4.39 Å². The van der Waals surface area contributed by atoms with Gasteiger partial charge in [-0.3, -0.25) is 0 Å². The maximum atomic E-state index is 13.1. The zero-order valence-corrected chi connectivity index (χ0v) is 13.0. The van der Waals surface area contributed by atoms with Gasteiger partial charge in [0.1, 0.15) is 5.82 Å². The Morgan fingerprint density at radius 2 is 2.32 bits per heavy atom. The van der Waals surface area contributed by atoms with Crippen molar-refractivity contribution in [3.05, 3.63) is 45.9 Å². The molecule has 2 aromatic rings. The van der Waals surface area contributed by atoms with Crippen molar-refractivity contribution in [2.24, 2.45) is 0 Å². The minimum Gasteiger partial charge on any atom is -0.308 e. The summed E-state index contributed by atoms with van der Waals surface area (Å²) in [6.45, 7) is 3.04. The van der Waals surface area contributed by atoms with E-state index in [4.69, 9.17) is 0 Å². The molecule has 1 N–H and O–H groups in total. The van der Waals surface area contributed by atoms with Gasteiger partial charge < -0.3 is 5.32 Å². The second-order valence-electron chi connectivity index (χ2n) is 4.28. The van der Waals surface area contributed by atoms with Crippen molar-refractivity contribution in [2.45, 2.75) is 25.8 Å². The summed E-state index contributed by atoms with van der Waals surface area (Å²) in [7, 11) is 0. The molecule has 6 heteroatoms. The highest BCUT2D eigenvalue weighted by atomic mass is 79.9. The minimum atomic E-state index is -0.232. The van der Waals surface area contributed by atoms with Crippen molar-refractivity contribution in [3.8, 4) is 0 Å². The summed E-state index contributed by atoms with van der Waals surface area (Å²) >= 11 is 4.61. The highest BCUT2D eigenvalue weighted by Gasteiger charge is 2.16. The van der Waals surface area contributed by atoms with Gasteiger partial charge in [-0.2, -0.15) is 8.75 Å². The molecule has 19 heavy (non-hydrogen) atoms. The summed E-state index contributed by atoms with van der Waals surface area (Å²) in [5.41, 5.74) is 2.00. The van der Waals surface area contributed by atoms with E-state index in [1.807, 2.05) is 0 Å². The Kier molecular flexibility index (Phi) is 5.42. The third-order valence-electron chi connectivity index (χ3n) is 2.82. The average molecular weight is 344 g/mol. The van der Waals surface area contributed by atoms with Crippen LogP contribution in [0.2, 0.25) is 0 Å². The predicted molar refractivity (Wildman–Crippen MR) is 78.7 cm³/mol. The highest BCUT2D eigenvalue weighted by Crippen LogP contribution is 2.24. The standard InChI is InChI=1S/C13H15BrFN3S/c1-2-5-16-12(13-8-17-19-18-13)6-9-3-4-10(15)7-11(9)14/h3-4,7-8,12,16H,2,5-6H2,1H3. The first-order chi connectivity index (χ1) is 9.20. The van der Waals surface area contributed by atoms with Crippen molar-refractivity contribution in [3.63, 3.8) is 0 Å². The van der Waals surface area contributed by atoms with E-state index >= 15 is 0 Å². The van der Waals surface area contributed by atoms with Gasteiger partial charge in [0.25, 0.3) is 0 Å². The summed E-state index contributed by atoms with van der Waals surface area (Å²) < 4.78 is 22.2. The minimum absolute atomic E-state index is 0.112. The third-order valence-corrected chi connectivity index (χ3v) is 4.05. The summed E-state index contributed by atoms with van der Waals surface area (Å²) in [5.74, 6) is -0.232. The lowest BCUT2D eigenvalue weighted by Gasteiger charge is -2.17. The van der Waals surface area contributed by atoms with E-state index in [1.165, 1.54) is 23.9 Å². The Morgan fingerprint density at radius 3 is 2.95 bits per heavy atom. The first kappa shape index (κ1) is 14.6. The largest absolute Gasteiger partial charge is 0.308 e. The molecule has 0 amide bonds. The maximum absolute atomic E-state index is 13.1. The Bertz CT molecular complexity index is 519. The van der Waals surface area contributed by atoms with Crippen molar-refractivity contribution in [2.75, 3.05) is 6.54 Å². The fourth-order valence-corrected chi connectivity index (χ4v) is 2.82. The quantitative estimate of drug-likeness (QED) is 0.868. The summed E-state index contributed by atoms with van der Waals surface area (Å²) in [6.07, 6.45) is 3.60. The number of hydrogen-bond donors (Lipinski definition) is 1. The number of halogens is 2. The number of nitrogens with zero attached hydrogens (tertiary/aromatic N) is 2. The Balaban J connectivity index is 2.15. The fraction of sp³-hybridized carbons (Fsp3) is 0.385. The zero-order chi connectivity index (χ0) is 13.7. The number of benzene rings is 1. The van der Waals surface area contributed by atoms with Gasteiger partial charge in [0.15, 0.2) is 0 Å². The van der Waals surface area contributed by atoms with E-state index in [-0.39, 0.29) is 11.9 Å². The molecule has 0 spiro atoms. The molecule has 1 aromatic heterocycles. The molecule has 0 saturated carbocycles. The Labute approximate surface area is 124 Å². The molecule has 2 rings (SSSR count). The van der Waals surface area contributed by atoms with E-state index in [0.29, 0.717) is 0 Å². The van der Waals surface area contributed by atoms with Crippen LogP contribution in [0.4, 0.5) is 4.39 Å². The normalized spacial score (nSPS) is 12.6. The molecule has 0 aliphatic heterocycles. The molecule has 102 valence electrons. The third kappa shape index (κ3) is 4.06. The van der Waals surface area contributed by atoms with Gasteiger partial charge in [0.2, 0.25) is 0 Å². The maximum Gasteiger partial charge on any atom is 0.124 e. The number of nitrogens with one attached hydrogen (secondary N) is 1. The van der Waals surface area contributed by atoms with E-state index in [1.54, 1.807) is 12.3 Å². The molecule has 0 aliphatic carbocycles. The Morgan fingerprint density at radius 1 is 1.47 bits per heavy atom. The van der Waals surface area contributed by atoms with Crippen LogP contribution in [0.3, 0.4) is 0 Å². The van der Waals surface area contributed by atoms with Gasteiger partial charge >= 0.3 is 0 Å². The SMILES string of the molecule is CCCNC(Cc1ccc(F)cc1Br)c1cnsn1. The van der Waals surface area contributed by atoms with Crippen LogP contribution >= 0.6 is 27.7 Å². The molecule has 0 saturated heterocycles. The van der Waals surface area contributed by atoms with Gasteiger partial charge in [-0.1, -0.05) is 28.9 Å². The average Bonchev–Trinajstić information content (AvgIpc) is 2.90. The molecule has 0 fully saturated rings. The topological polar surface area (TPSA) is 37.8 Å². The van der Waals surface area contributed by atoms with E-state index < -0.39 is 0 Å². The lowest BCUT2D eigenvalue weighted by molar-refractivity contribution is 0.519. The van der Waals surface area contributed by atoms with Crippen LogP contribution in [-0.2, 0) is 6.42 Å². The number of aromatic nitrogens is 2. The molecule has 1 aromatic carbocycles. The number of rotatable bonds is 6. The van der Waals surface area contributed by atoms with Crippen LogP contribution < -0.4 is 5.32 Å². The van der Waals surface area contributed by atoms with Crippen molar-refractivity contribution >= 4 is 27.7 Å². The summed E-state index contributed by atoms with van der Waals surface area (Å²) in [4.78, 5) is 0. The zero-order valence-electron chi connectivity index (χ0n) is 10.6. The monoisotopic (exact) mass is 343 g/mol. The summed E-state index contributed by atoms with van der Waals surface area (Å²) in [6, 6.07) is 4.89. The van der Waals surface area contributed by atoms with Crippen LogP contribution in [0.25, 0.3) is 0 Å². The second kappa shape index (κ2) is 7.07. The second-order valence-corrected chi connectivity index (χ2v) is 5.69. The predicted octanol–water partition coefficient (Wildman–Crippen LogP) is 3.72. The molecular formula is C13H15BrFN3S. The molecule has 0 aliphatic rings. The first-order valence-electron chi connectivity index (χ1n) is 6.15. The van der Waals surface area contributed by atoms with E-state index in [0.717, 1.165) is 35.1 Å². The molecule has 0 bridgehead atoms. The summed E-state index contributed by atoms with van der Waals surface area (Å²) in [5, 5.41) is 3.45.